The van der Waals surface area contributed by atoms with Crippen molar-refractivity contribution in [2.24, 2.45) is 5.73 Å². The molecule has 0 saturated carbocycles. The molecular formula is C12H17F2NO. The number of hydrogen-bond donors (Lipinski definition) is 1. The van der Waals surface area contributed by atoms with Crippen LogP contribution < -0.4 is 5.73 Å². The minimum atomic E-state index is -0.492. The molecule has 1 aromatic rings. The first-order chi connectivity index (χ1) is 7.54. The van der Waals surface area contributed by atoms with Crippen LogP contribution in [0.3, 0.4) is 0 Å². The van der Waals surface area contributed by atoms with Crippen LogP contribution in [0.5, 0.6) is 0 Å². The Morgan fingerprint density at radius 3 is 2.62 bits per heavy atom. The predicted molar refractivity (Wildman–Crippen MR) is 59.0 cm³/mol. The molecule has 1 aromatic carbocycles. The Morgan fingerprint density at radius 1 is 1.31 bits per heavy atom. The first kappa shape index (κ1) is 13.1. The molecule has 0 aromatic heterocycles. The maximum Gasteiger partial charge on any atom is 0.128 e. The lowest BCUT2D eigenvalue weighted by atomic mass is 10.0. The summed E-state index contributed by atoms with van der Waals surface area (Å²) >= 11 is 0. The molecule has 2 N–H and O–H groups in total. The van der Waals surface area contributed by atoms with Gasteiger partial charge in [-0.25, -0.2) is 8.78 Å². The Bertz CT molecular complexity index is 344. The second kappa shape index (κ2) is 5.92. The van der Waals surface area contributed by atoms with E-state index in [1.807, 2.05) is 6.92 Å². The van der Waals surface area contributed by atoms with Crippen molar-refractivity contribution in [1.29, 1.82) is 0 Å². The summed E-state index contributed by atoms with van der Waals surface area (Å²) in [5, 5.41) is 0. The summed E-state index contributed by atoms with van der Waals surface area (Å²) < 4.78 is 31.3. The molecule has 0 amide bonds. The first-order valence-electron chi connectivity index (χ1n) is 5.28. The molecule has 0 aliphatic heterocycles. The highest BCUT2D eigenvalue weighted by Gasteiger charge is 2.13. The van der Waals surface area contributed by atoms with Gasteiger partial charge in [-0.15, -0.1) is 0 Å². The van der Waals surface area contributed by atoms with Crippen molar-refractivity contribution >= 4 is 0 Å². The molecule has 0 saturated heterocycles. The molecule has 4 heteroatoms. The first-order valence-corrected chi connectivity index (χ1v) is 5.28. The van der Waals surface area contributed by atoms with Crippen LogP contribution in [0.4, 0.5) is 8.78 Å². The minimum absolute atomic E-state index is 0.0719. The van der Waals surface area contributed by atoms with Gasteiger partial charge in [-0.3, -0.25) is 0 Å². The van der Waals surface area contributed by atoms with Crippen molar-refractivity contribution in [3.63, 3.8) is 0 Å². The molecule has 0 spiro atoms. The Hall–Kier alpha value is -1.00. The Balaban J connectivity index is 2.65. The van der Waals surface area contributed by atoms with Crippen molar-refractivity contribution in [2.75, 3.05) is 7.11 Å². The van der Waals surface area contributed by atoms with E-state index in [1.165, 1.54) is 0 Å². The maximum atomic E-state index is 13.3. The predicted octanol–water partition coefficient (Wildman–Crippen LogP) is 2.78. The van der Waals surface area contributed by atoms with E-state index >= 15 is 0 Å². The van der Waals surface area contributed by atoms with Gasteiger partial charge in [0.15, 0.2) is 0 Å². The zero-order valence-corrected chi connectivity index (χ0v) is 9.54. The van der Waals surface area contributed by atoms with Crippen molar-refractivity contribution in [2.45, 2.75) is 31.9 Å². The van der Waals surface area contributed by atoms with Crippen LogP contribution >= 0.6 is 0 Å². The molecule has 16 heavy (non-hydrogen) atoms. The van der Waals surface area contributed by atoms with Gasteiger partial charge in [-0.05, 0) is 38.0 Å². The second-order valence-electron chi connectivity index (χ2n) is 3.90. The molecule has 0 aliphatic carbocycles. The average molecular weight is 229 g/mol. The molecular weight excluding hydrogens is 212 g/mol. The molecule has 0 bridgehead atoms. The largest absolute Gasteiger partial charge is 0.382 e. The van der Waals surface area contributed by atoms with Gasteiger partial charge in [0, 0.05) is 18.7 Å². The molecule has 1 rings (SSSR count). The molecule has 0 aliphatic rings. The van der Waals surface area contributed by atoms with Crippen LogP contribution in [0.15, 0.2) is 18.2 Å². The number of benzene rings is 1. The molecule has 90 valence electrons. The standard InChI is InChI=1S/C12H17F2NO/c1-8(16-2)3-6-12(15)10-7-9(13)4-5-11(10)14/h4-5,7-8,12H,3,6,15H2,1-2H3. The van der Waals surface area contributed by atoms with Crippen molar-refractivity contribution < 1.29 is 13.5 Å². The van der Waals surface area contributed by atoms with E-state index in [9.17, 15) is 8.78 Å². The smallest absolute Gasteiger partial charge is 0.128 e. The molecule has 0 radical (unpaired) electrons. The molecule has 2 unspecified atom stereocenters. The fraction of sp³-hybridized carbons (Fsp3) is 0.500. The summed E-state index contributed by atoms with van der Waals surface area (Å²) in [6.07, 6.45) is 1.35. The molecule has 2 atom stereocenters. The number of methoxy groups -OCH3 is 1. The van der Waals surface area contributed by atoms with Gasteiger partial charge in [0.25, 0.3) is 0 Å². The lowest BCUT2D eigenvalue weighted by molar-refractivity contribution is 0.107. The fourth-order valence-corrected chi connectivity index (χ4v) is 1.49. The van der Waals surface area contributed by atoms with Crippen LogP contribution in [-0.2, 0) is 4.74 Å². The van der Waals surface area contributed by atoms with Crippen molar-refractivity contribution in [1.82, 2.24) is 0 Å². The Labute approximate surface area is 94.4 Å². The second-order valence-corrected chi connectivity index (χ2v) is 3.90. The van der Waals surface area contributed by atoms with Crippen LogP contribution in [-0.4, -0.2) is 13.2 Å². The van der Waals surface area contributed by atoms with E-state index in [1.54, 1.807) is 7.11 Å². The van der Waals surface area contributed by atoms with E-state index in [2.05, 4.69) is 0 Å². The zero-order chi connectivity index (χ0) is 12.1. The summed E-state index contributed by atoms with van der Waals surface area (Å²) in [6, 6.07) is 2.85. The van der Waals surface area contributed by atoms with Gasteiger partial charge >= 0.3 is 0 Å². The van der Waals surface area contributed by atoms with Gasteiger partial charge in [-0.2, -0.15) is 0 Å². The highest BCUT2D eigenvalue weighted by Crippen LogP contribution is 2.21. The quantitative estimate of drug-likeness (QED) is 0.842. The lowest BCUT2D eigenvalue weighted by Gasteiger charge is -2.15. The highest BCUT2D eigenvalue weighted by atomic mass is 19.1. The SMILES string of the molecule is COC(C)CCC(N)c1cc(F)ccc1F. The van der Waals surface area contributed by atoms with Crippen molar-refractivity contribution in [3.05, 3.63) is 35.4 Å². The van der Waals surface area contributed by atoms with E-state index in [0.29, 0.717) is 12.8 Å². The topological polar surface area (TPSA) is 35.2 Å². The molecule has 0 fully saturated rings. The normalized spacial score (nSPS) is 14.8. The van der Waals surface area contributed by atoms with Gasteiger partial charge in [0.05, 0.1) is 6.10 Å². The van der Waals surface area contributed by atoms with E-state index in [4.69, 9.17) is 10.5 Å². The number of nitrogens with two attached hydrogens (primary N) is 1. The number of halogens is 2. The Kier molecular flexibility index (Phi) is 4.83. The van der Waals surface area contributed by atoms with Crippen LogP contribution in [0, 0.1) is 11.6 Å². The van der Waals surface area contributed by atoms with E-state index < -0.39 is 17.7 Å². The number of hydrogen-bond acceptors (Lipinski definition) is 2. The lowest BCUT2D eigenvalue weighted by Crippen LogP contribution is -2.15. The van der Waals surface area contributed by atoms with Crippen molar-refractivity contribution in [3.8, 4) is 0 Å². The number of ether oxygens (including phenoxy) is 1. The average Bonchev–Trinajstić information content (AvgIpc) is 2.28. The summed E-state index contributed by atoms with van der Waals surface area (Å²) in [6.45, 7) is 1.91. The zero-order valence-electron chi connectivity index (χ0n) is 9.54. The van der Waals surface area contributed by atoms with Gasteiger partial charge in [-0.1, -0.05) is 0 Å². The third-order valence-electron chi connectivity index (χ3n) is 2.64. The summed E-state index contributed by atoms with van der Waals surface area (Å²) in [4.78, 5) is 0. The summed E-state index contributed by atoms with van der Waals surface area (Å²) in [5.41, 5.74) is 6.03. The van der Waals surface area contributed by atoms with E-state index in [-0.39, 0.29) is 11.7 Å². The number of rotatable bonds is 5. The Morgan fingerprint density at radius 2 is 2.00 bits per heavy atom. The van der Waals surface area contributed by atoms with E-state index in [0.717, 1.165) is 18.2 Å². The summed E-state index contributed by atoms with van der Waals surface area (Å²) in [5.74, 6) is -0.925. The van der Waals surface area contributed by atoms with Crippen LogP contribution in [0.2, 0.25) is 0 Å². The highest BCUT2D eigenvalue weighted by molar-refractivity contribution is 5.21. The third-order valence-corrected chi connectivity index (χ3v) is 2.64. The monoisotopic (exact) mass is 229 g/mol. The van der Waals surface area contributed by atoms with Gasteiger partial charge in [0.2, 0.25) is 0 Å². The van der Waals surface area contributed by atoms with Gasteiger partial charge in [0.1, 0.15) is 11.6 Å². The fourth-order valence-electron chi connectivity index (χ4n) is 1.49. The van der Waals surface area contributed by atoms with Crippen LogP contribution in [0.25, 0.3) is 0 Å². The summed E-state index contributed by atoms with van der Waals surface area (Å²) in [7, 11) is 1.61. The molecule has 0 heterocycles. The van der Waals surface area contributed by atoms with Gasteiger partial charge < -0.3 is 10.5 Å². The third kappa shape index (κ3) is 3.54. The maximum absolute atomic E-state index is 13.3. The minimum Gasteiger partial charge on any atom is -0.382 e. The van der Waals surface area contributed by atoms with Crippen LogP contribution in [0.1, 0.15) is 31.4 Å². The molecule has 2 nitrogen and oxygen atoms in total.